The third-order valence-corrected chi connectivity index (χ3v) is 10.1. The van der Waals surface area contributed by atoms with E-state index in [0.29, 0.717) is 19.3 Å². The van der Waals surface area contributed by atoms with E-state index in [1.807, 2.05) is 48.6 Å². The zero-order chi connectivity index (χ0) is 41.7. The van der Waals surface area contributed by atoms with E-state index in [4.69, 9.17) is 4.74 Å². The lowest BCUT2D eigenvalue weighted by atomic mass is 10.0. The summed E-state index contributed by atoms with van der Waals surface area (Å²) in [6, 6.07) is -0.729. The summed E-state index contributed by atoms with van der Waals surface area (Å²) >= 11 is 0. The van der Waals surface area contributed by atoms with Crippen LogP contribution in [0.1, 0.15) is 201 Å². The van der Waals surface area contributed by atoms with Crippen molar-refractivity contribution in [2.45, 2.75) is 219 Å². The second-order valence-corrected chi connectivity index (χ2v) is 15.6. The quantitative estimate of drug-likeness (QED) is 0.0326. The second kappa shape index (κ2) is 44.1. The number of aliphatic hydroxyl groups is 2. The molecule has 0 aliphatic heterocycles. The summed E-state index contributed by atoms with van der Waals surface area (Å²) in [5, 5.41) is 23.6. The molecule has 0 heterocycles. The van der Waals surface area contributed by atoms with Crippen LogP contribution in [0.2, 0.25) is 0 Å². The van der Waals surface area contributed by atoms with Crippen molar-refractivity contribution in [1.82, 2.24) is 5.32 Å². The molecular weight excluding hydrogens is 707 g/mol. The van der Waals surface area contributed by atoms with Crippen molar-refractivity contribution in [3.05, 3.63) is 85.1 Å². The van der Waals surface area contributed by atoms with Crippen LogP contribution in [0.25, 0.3) is 0 Å². The molecule has 3 N–H and O–H groups in total. The average Bonchev–Trinajstić information content (AvgIpc) is 3.20. The van der Waals surface area contributed by atoms with E-state index in [9.17, 15) is 19.8 Å². The van der Waals surface area contributed by atoms with Crippen molar-refractivity contribution in [2.75, 3.05) is 6.61 Å². The molecule has 6 nitrogen and oxygen atoms in total. The summed E-state index contributed by atoms with van der Waals surface area (Å²) in [4.78, 5) is 26.0. The minimum atomic E-state index is -0.810. The lowest BCUT2D eigenvalue weighted by molar-refractivity contribution is -0.151. The molecule has 0 aromatic carbocycles. The van der Waals surface area contributed by atoms with E-state index in [-0.39, 0.29) is 24.9 Å². The summed E-state index contributed by atoms with van der Waals surface area (Å²) in [5.74, 6) is -0.568. The first kappa shape index (κ1) is 54.0. The van der Waals surface area contributed by atoms with Crippen LogP contribution < -0.4 is 5.32 Å². The van der Waals surface area contributed by atoms with E-state index < -0.39 is 18.2 Å². The molecule has 0 saturated carbocycles. The Balaban J connectivity index is 4.75. The standard InChI is InChI=1S/C51H87NO5/c1-4-7-10-13-16-19-22-24-25-27-29-32-35-38-41-44-51(56)57-47(42-39-36-33-30-28-26-23-20-17-14-11-8-5-2)45-50(55)52-48(46-53)49(54)43-40-37-34-31-21-18-15-12-9-6-3/h8,11,14,16-17,19-20,22-24,26,28,30,33,47-49,53-54H,4-7,9-10,12-13,15,18,21,25,27,29,31-32,34-46H2,1-3H3,(H,52,55)/b11-8+,17-14+,19-16+,23-20-,24-22+,28-26-,33-30+. The molecule has 6 heteroatoms. The Hall–Kier alpha value is -2.96. The number of esters is 1. The molecule has 0 radical (unpaired) electrons. The van der Waals surface area contributed by atoms with Gasteiger partial charge in [-0.15, -0.1) is 0 Å². The predicted molar refractivity (Wildman–Crippen MR) is 245 cm³/mol. The molecule has 0 saturated heterocycles. The van der Waals surface area contributed by atoms with Crippen LogP contribution in [0.3, 0.4) is 0 Å². The fourth-order valence-electron chi connectivity index (χ4n) is 6.56. The maximum atomic E-state index is 13.1. The summed E-state index contributed by atoms with van der Waals surface area (Å²) in [5.41, 5.74) is 0. The lowest BCUT2D eigenvalue weighted by Gasteiger charge is -2.24. The summed E-state index contributed by atoms with van der Waals surface area (Å²) in [6.45, 7) is 6.25. The smallest absolute Gasteiger partial charge is 0.306 e. The Bertz CT molecular complexity index is 1120. The molecular formula is C51H87NO5. The number of carbonyl (C=O) groups is 2. The van der Waals surface area contributed by atoms with Crippen molar-refractivity contribution in [1.29, 1.82) is 0 Å². The molecule has 326 valence electrons. The van der Waals surface area contributed by atoms with Gasteiger partial charge in [0.15, 0.2) is 0 Å². The second-order valence-electron chi connectivity index (χ2n) is 15.6. The van der Waals surface area contributed by atoms with Crippen LogP contribution in [0.5, 0.6) is 0 Å². The number of nitrogens with one attached hydrogen (secondary N) is 1. The van der Waals surface area contributed by atoms with Crippen molar-refractivity contribution in [3.63, 3.8) is 0 Å². The Morgan fingerprint density at radius 2 is 0.965 bits per heavy atom. The zero-order valence-electron chi connectivity index (χ0n) is 36.9. The van der Waals surface area contributed by atoms with Crippen LogP contribution in [-0.4, -0.2) is 46.9 Å². The Morgan fingerprint density at radius 1 is 0.526 bits per heavy atom. The Kier molecular flexibility index (Phi) is 41.9. The topological polar surface area (TPSA) is 95.9 Å². The first-order chi connectivity index (χ1) is 28.0. The Morgan fingerprint density at radius 3 is 1.53 bits per heavy atom. The van der Waals surface area contributed by atoms with Crippen molar-refractivity contribution in [3.8, 4) is 0 Å². The molecule has 1 amide bonds. The minimum Gasteiger partial charge on any atom is -0.462 e. The molecule has 0 bridgehead atoms. The number of amides is 1. The van der Waals surface area contributed by atoms with Gasteiger partial charge in [0, 0.05) is 6.42 Å². The highest BCUT2D eigenvalue weighted by molar-refractivity contribution is 5.77. The molecule has 3 atom stereocenters. The Labute approximate surface area is 351 Å². The minimum absolute atomic E-state index is 0.0195. The van der Waals surface area contributed by atoms with Crippen LogP contribution >= 0.6 is 0 Å². The van der Waals surface area contributed by atoms with E-state index in [1.165, 1.54) is 89.9 Å². The molecule has 0 fully saturated rings. The van der Waals surface area contributed by atoms with Crippen molar-refractivity contribution < 1.29 is 24.5 Å². The SMILES string of the molecule is CC/C=C/C=C/C=C\C=C/C=C/CCCC(CC(=O)NC(CO)C(O)CCCCCCCCCCCC)OC(=O)CCCCCCCC/C=C/C=C/CCCCC. The van der Waals surface area contributed by atoms with Gasteiger partial charge in [-0.2, -0.15) is 0 Å². The maximum absolute atomic E-state index is 13.1. The van der Waals surface area contributed by atoms with Gasteiger partial charge in [0.2, 0.25) is 5.91 Å². The highest BCUT2D eigenvalue weighted by atomic mass is 16.5. The molecule has 0 aliphatic rings. The van der Waals surface area contributed by atoms with E-state index in [0.717, 1.165) is 64.2 Å². The molecule has 0 spiro atoms. The summed E-state index contributed by atoms with van der Waals surface area (Å²) in [7, 11) is 0. The number of ether oxygens (including phenoxy) is 1. The van der Waals surface area contributed by atoms with Crippen molar-refractivity contribution in [2.24, 2.45) is 0 Å². The van der Waals surface area contributed by atoms with Crippen molar-refractivity contribution >= 4 is 11.9 Å². The van der Waals surface area contributed by atoms with Gasteiger partial charge in [-0.1, -0.05) is 209 Å². The first-order valence-corrected chi connectivity index (χ1v) is 23.4. The molecule has 0 rings (SSSR count). The zero-order valence-corrected chi connectivity index (χ0v) is 36.9. The van der Waals surface area contributed by atoms with Crippen LogP contribution in [0.4, 0.5) is 0 Å². The first-order valence-electron chi connectivity index (χ1n) is 23.4. The monoisotopic (exact) mass is 794 g/mol. The highest BCUT2D eigenvalue weighted by Gasteiger charge is 2.24. The third-order valence-electron chi connectivity index (χ3n) is 10.1. The van der Waals surface area contributed by atoms with Gasteiger partial charge in [0.05, 0.1) is 25.2 Å². The molecule has 0 aliphatic carbocycles. The summed E-state index contributed by atoms with van der Waals surface area (Å²) < 4.78 is 5.87. The summed E-state index contributed by atoms with van der Waals surface area (Å²) in [6.07, 6.45) is 56.4. The van der Waals surface area contributed by atoms with Gasteiger partial charge in [-0.25, -0.2) is 0 Å². The normalized spacial score (nSPS) is 14.1. The predicted octanol–water partition coefficient (Wildman–Crippen LogP) is 13.6. The number of hydrogen-bond donors (Lipinski definition) is 3. The number of aliphatic hydroxyl groups excluding tert-OH is 2. The van der Waals surface area contributed by atoms with E-state index in [2.05, 4.69) is 62.5 Å². The average molecular weight is 794 g/mol. The fourth-order valence-corrected chi connectivity index (χ4v) is 6.56. The van der Waals surface area contributed by atoms with E-state index in [1.54, 1.807) is 0 Å². The largest absolute Gasteiger partial charge is 0.462 e. The van der Waals surface area contributed by atoms with Gasteiger partial charge in [-0.3, -0.25) is 9.59 Å². The molecule has 57 heavy (non-hydrogen) atoms. The van der Waals surface area contributed by atoms with Crippen LogP contribution in [0.15, 0.2) is 85.1 Å². The molecule has 0 aromatic heterocycles. The van der Waals surface area contributed by atoms with Gasteiger partial charge in [0.25, 0.3) is 0 Å². The van der Waals surface area contributed by atoms with Gasteiger partial charge in [-0.05, 0) is 64.2 Å². The number of carbonyl (C=O) groups excluding carboxylic acids is 2. The number of hydrogen-bond acceptors (Lipinski definition) is 5. The van der Waals surface area contributed by atoms with Gasteiger partial charge >= 0.3 is 5.97 Å². The van der Waals surface area contributed by atoms with Gasteiger partial charge < -0.3 is 20.3 Å². The number of allylic oxidation sites excluding steroid dienone is 14. The molecule has 3 unspecified atom stereocenters. The van der Waals surface area contributed by atoms with Crippen LogP contribution in [0, 0.1) is 0 Å². The maximum Gasteiger partial charge on any atom is 0.306 e. The molecule has 0 aromatic rings. The number of rotatable bonds is 40. The highest BCUT2D eigenvalue weighted by Crippen LogP contribution is 2.16. The fraction of sp³-hybridized carbons (Fsp3) is 0.686. The lowest BCUT2D eigenvalue weighted by Crippen LogP contribution is -2.46. The van der Waals surface area contributed by atoms with Crippen LogP contribution in [-0.2, 0) is 14.3 Å². The van der Waals surface area contributed by atoms with E-state index >= 15 is 0 Å². The number of unbranched alkanes of at least 4 members (excludes halogenated alkanes) is 19. The third kappa shape index (κ3) is 39.6. The van der Waals surface area contributed by atoms with Gasteiger partial charge in [0.1, 0.15) is 6.10 Å².